The van der Waals surface area contributed by atoms with Crippen molar-refractivity contribution in [1.29, 1.82) is 0 Å². The van der Waals surface area contributed by atoms with Crippen molar-refractivity contribution in [3.8, 4) is 0 Å². The minimum absolute atomic E-state index is 0.227. The highest BCUT2D eigenvalue weighted by molar-refractivity contribution is 5.78. The van der Waals surface area contributed by atoms with Crippen LogP contribution in [0.25, 0.3) is 5.65 Å². The van der Waals surface area contributed by atoms with Crippen LogP contribution in [0, 0.1) is 5.82 Å². The third-order valence-electron chi connectivity index (χ3n) is 4.88. The number of likely N-dealkylation sites (N-methyl/N-ethyl adjacent to an activating group) is 1. The van der Waals surface area contributed by atoms with Crippen LogP contribution in [0.3, 0.4) is 0 Å². The van der Waals surface area contributed by atoms with Crippen molar-refractivity contribution < 1.29 is 9.18 Å². The van der Waals surface area contributed by atoms with Crippen molar-refractivity contribution in [2.24, 2.45) is 0 Å². The van der Waals surface area contributed by atoms with E-state index in [0.717, 1.165) is 37.3 Å². The molecule has 0 aromatic carbocycles. The molecule has 0 N–H and O–H groups in total. The van der Waals surface area contributed by atoms with E-state index in [0.29, 0.717) is 19.5 Å². The molecule has 4 rings (SSSR count). The van der Waals surface area contributed by atoms with Gasteiger partial charge in [0, 0.05) is 39.3 Å². The van der Waals surface area contributed by atoms with Crippen LogP contribution in [-0.4, -0.2) is 57.1 Å². The molecule has 0 unspecified atom stereocenters. The zero-order valence-corrected chi connectivity index (χ0v) is 17.0. The lowest BCUT2D eigenvalue weighted by Crippen LogP contribution is -2.34. The van der Waals surface area contributed by atoms with Gasteiger partial charge in [0.05, 0.1) is 6.20 Å². The second-order valence-corrected chi connectivity index (χ2v) is 7.05. The third kappa shape index (κ3) is 5.49. The lowest BCUT2D eigenvalue weighted by molar-refractivity contribution is -0.127. The molecular weight excluding hydrogens is 371 g/mol. The van der Waals surface area contributed by atoms with E-state index < -0.39 is 0 Å². The normalized spacial score (nSPS) is 13.5. The van der Waals surface area contributed by atoms with Crippen LogP contribution in [0.1, 0.15) is 31.7 Å². The van der Waals surface area contributed by atoms with Crippen LogP contribution in [0.15, 0.2) is 43.0 Å². The maximum Gasteiger partial charge on any atom is 0.222 e. The van der Waals surface area contributed by atoms with Gasteiger partial charge in [-0.25, -0.2) is 18.9 Å². The topological polar surface area (TPSA) is 66.6 Å². The molecule has 0 spiro atoms. The number of fused-ring (bicyclic) bond motifs is 1. The second-order valence-electron chi connectivity index (χ2n) is 7.05. The molecule has 3 aromatic heterocycles. The largest absolute Gasteiger partial charge is 0.358 e. The van der Waals surface area contributed by atoms with Gasteiger partial charge in [-0.1, -0.05) is 19.4 Å². The Labute approximate surface area is 170 Å². The number of pyridine rings is 2. The van der Waals surface area contributed by atoms with E-state index in [1.165, 1.54) is 17.8 Å². The number of rotatable bonds is 6. The number of likely N-dealkylation sites (tertiary alicyclic amines) is 1. The number of carbonyl (C=O) groups excluding carboxylic acids is 1. The smallest absolute Gasteiger partial charge is 0.222 e. The van der Waals surface area contributed by atoms with Crippen LogP contribution in [0.2, 0.25) is 0 Å². The van der Waals surface area contributed by atoms with E-state index in [1.54, 1.807) is 12.4 Å². The first kappa shape index (κ1) is 20.7. The number of carbonyl (C=O) groups is 1. The minimum Gasteiger partial charge on any atom is -0.358 e. The average Bonchev–Trinajstić information content (AvgIpc) is 3.37. The zero-order chi connectivity index (χ0) is 20.6. The first-order valence-electron chi connectivity index (χ1n) is 9.96. The molecular formula is C21H27FN6O. The summed E-state index contributed by atoms with van der Waals surface area (Å²) in [5.74, 6) is 0.611. The Morgan fingerprint density at radius 3 is 2.79 bits per heavy atom. The molecule has 4 heterocycles. The molecule has 7 nitrogen and oxygen atoms in total. The number of aromatic nitrogens is 4. The molecule has 1 fully saturated rings. The summed E-state index contributed by atoms with van der Waals surface area (Å²) in [5.41, 5.74) is 2.26. The molecule has 0 atom stereocenters. The summed E-state index contributed by atoms with van der Waals surface area (Å²) in [6, 6.07) is 7.14. The Kier molecular flexibility index (Phi) is 7.10. The molecule has 0 saturated carbocycles. The molecule has 3 aromatic rings. The van der Waals surface area contributed by atoms with Gasteiger partial charge in [0.15, 0.2) is 5.65 Å². The fourth-order valence-electron chi connectivity index (χ4n) is 3.29. The Morgan fingerprint density at radius 1 is 1.24 bits per heavy atom. The van der Waals surface area contributed by atoms with Gasteiger partial charge in [-0.2, -0.15) is 5.10 Å². The maximum atomic E-state index is 12.7. The average molecular weight is 398 g/mol. The van der Waals surface area contributed by atoms with Crippen molar-refractivity contribution in [3.05, 3.63) is 54.4 Å². The second kappa shape index (κ2) is 9.95. The summed E-state index contributed by atoms with van der Waals surface area (Å²) in [4.78, 5) is 23.4. The number of aryl methyl sites for hydroxylation is 1. The van der Waals surface area contributed by atoms with Crippen LogP contribution in [0.4, 0.5) is 10.2 Å². The molecule has 1 aliphatic heterocycles. The number of hydrogen-bond acceptors (Lipinski definition) is 5. The van der Waals surface area contributed by atoms with Crippen molar-refractivity contribution in [2.45, 2.75) is 32.6 Å². The molecule has 8 heteroatoms. The molecule has 0 radical (unpaired) electrons. The molecule has 29 heavy (non-hydrogen) atoms. The predicted octanol–water partition coefficient (Wildman–Crippen LogP) is 2.96. The van der Waals surface area contributed by atoms with E-state index >= 15 is 0 Å². The molecule has 1 amide bonds. The third-order valence-corrected chi connectivity index (χ3v) is 4.88. The highest BCUT2D eigenvalue weighted by atomic mass is 19.1. The number of nitrogens with zero attached hydrogens (tertiary/aromatic N) is 6. The fraction of sp³-hybridized carbons (Fsp3) is 0.429. The van der Waals surface area contributed by atoms with Gasteiger partial charge < -0.3 is 9.80 Å². The van der Waals surface area contributed by atoms with Crippen LogP contribution in [0.5, 0.6) is 0 Å². The van der Waals surface area contributed by atoms with Crippen LogP contribution < -0.4 is 4.90 Å². The maximum absolute atomic E-state index is 12.7. The van der Waals surface area contributed by atoms with Gasteiger partial charge in [-0.05, 0) is 36.6 Å². The number of anilines is 1. The SMILES string of the molecule is CCCc1cccn2ncnc12.CN(CCN1CCCC1=O)c1ccc(F)cn1. The minimum atomic E-state index is -0.336. The summed E-state index contributed by atoms with van der Waals surface area (Å²) in [7, 11) is 1.89. The summed E-state index contributed by atoms with van der Waals surface area (Å²) in [6.07, 6.45) is 8.55. The summed E-state index contributed by atoms with van der Waals surface area (Å²) < 4.78 is 14.5. The highest BCUT2D eigenvalue weighted by Crippen LogP contribution is 2.12. The predicted molar refractivity (Wildman–Crippen MR) is 110 cm³/mol. The van der Waals surface area contributed by atoms with E-state index in [2.05, 4.69) is 28.1 Å². The van der Waals surface area contributed by atoms with Gasteiger partial charge in [-0.3, -0.25) is 4.79 Å². The molecule has 154 valence electrons. The van der Waals surface area contributed by atoms with E-state index in [1.807, 2.05) is 33.6 Å². The van der Waals surface area contributed by atoms with E-state index in [9.17, 15) is 9.18 Å². The first-order valence-corrected chi connectivity index (χ1v) is 9.96. The fourth-order valence-corrected chi connectivity index (χ4v) is 3.29. The van der Waals surface area contributed by atoms with Gasteiger partial charge in [0.25, 0.3) is 0 Å². The van der Waals surface area contributed by atoms with Crippen molar-refractivity contribution in [1.82, 2.24) is 24.5 Å². The number of hydrogen-bond donors (Lipinski definition) is 0. The molecule has 1 aliphatic rings. The summed E-state index contributed by atoms with van der Waals surface area (Å²) >= 11 is 0. The van der Waals surface area contributed by atoms with Gasteiger partial charge >= 0.3 is 0 Å². The zero-order valence-electron chi connectivity index (χ0n) is 17.0. The Hall–Kier alpha value is -3.03. The van der Waals surface area contributed by atoms with Crippen LogP contribution in [-0.2, 0) is 11.2 Å². The molecule has 0 bridgehead atoms. The summed E-state index contributed by atoms with van der Waals surface area (Å²) in [5, 5.41) is 4.07. The van der Waals surface area contributed by atoms with Crippen molar-refractivity contribution in [3.63, 3.8) is 0 Å². The Balaban J connectivity index is 0.000000176. The molecule has 1 saturated heterocycles. The first-order chi connectivity index (χ1) is 14.1. The van der Waals surface area contributed by atoms with Crippen LogP contribution >= 0.6 is 0 Å². The van der Waals surface area contributed by atoms with E-state index in [-0.39, 0.29) is 11.7 Å². The number of amides is 1. The lowest BCUT2D eigenvalue weighted by Gasteiger charge is -2.22. The van der Waals surface area contributed by atoms with Gasteiger partial charge in [0.2, 0.25) is 5.91 Å². The number of halogens is 1. The summed E-state index contributed by atoms with van der Waals surface area (Å²) in [6.45, 7) is 4.43. The molecule has 0 aliphatic carbocycles. The standard InChI is InChI=1S/C12H16FN3O.C9H11N3/c1-15(11-5-4-10(13)9-14-11)7-8-16-6-2-3-12(16)17;1-2-4-8-5-3-6-12-9(8)10-7-11-12/h4-5,9H,2-3,6-8H2,1H3;3,5-7H,2,4H2,1H3. The Bertz CT molecular complexity index is 926. The Morgan fingerprint density at radius 2 is 2.10 bits per heavy atom. The monoisotopic (exact) mass is 398 g/mol. The lowest BCUT2D eigenvalue weighted by atomic mass is 10.2. The van der Waals surface area contributed by atoms with Gasteiger partial charge in [-0.15, -0.1) is 0 Å². The quantitative estimate of drug-likeness (QED) is 0.639. The van der Waals surface area contributed by atoms with Crippen molar-refractivity contribution in [2.75, 3.05) is 31.6 Å². The highest BCUT2D eigenvalue weighted by Gasteiger charge is 2.19. The van der Waals surface area contributed by atoms with E-state index in [4.69, 9.17) is 0 Å². The van der Waals surface area contributed by atoms with Crippen molar-refractivity contribution >= 4 is 17.4 Å². The van der Waals surface area contributed by atoms with Gasteiger partial charge in [0.1, 0.15) is 18.0 Å².